The first-order valence-electron chi connectivity index (χ1n) is 15.5. The Morgan fingerprint density at radius 2 is 1.02 bits per heavy atom. The van der Waals surface area contributed by atoms with Gasteiger partial charge in [0.15, 0.2) is 0 Å². The lowest BCUT2D eigenvalue weighted by Gasteiger charge is -2.07. The number of nitrogens with zero attached hydrogens (tertiary/aromatic N) is 9. The molecule has 246 valence electrons. The van der Waals surface area contributed by atoms with Gasteiger partial charge in [0.2, 0.25) is 0 Å². The Morgan fingerprint density at radius 3 is 1.54 bits per heavy atom. The predicted octanol–water partition coefficient (Wildman–Crippen LogP) is 6.21. The van der Waals surface area contributed by atoms with Gasteiger partial charge in [0.1, 0.15) is 33.6 Å². The van der Waals surface area contributed by atoms with Crippen molar-refractivity contribution < 1.29 is 4.42 Å². The zero-order chi connectivity index (χ0) is 34.4. The summed E-state index contributed by atoms with van der Waals surface area (Å²) in [6.07, 6.45) is 0. The third kappa shape index (κ3) is 5.93. The largest absolute Gasteiger partial charge is 0.463 e. The average molecular weight is 629 g/mol. The first kappa shape index (κ1) is 34.1. The average Bonchev–Trinajstić information content (AvgIpc) is 3.60. The normalized spacial score (nSPS) is 11.6. The summed E-state index contributed by atoms with van der Waals surface area (Å²) in [5, 5.41) is 31.1. The summed E-state index contributed by atoms with van der Waals surface area (Å²) in [7, 11) is 3.97. The van der Waals surface area contributed by atoms with Crippen LogP contribution in [0.4, 0.5) is 17.1 Å². The minimum absolute atomic E-state index is 0.289. The molecule has 6 rings (SSSR count). The van der Waals surface area contributed by atoms with Gasteiger partial charge in [0, 0.05) is 36.8 Å². The number of furan rings is 1. The van der Waals surface area contributed by atoms with E-state index in [4.69, 9.17) is 21.6 Å². The van der Waals surface area contributed by atoms with E-state index in [0.717, 1.165) is 78.5 Å². The molecule has 0 aliphatic rings. The van der Waals surface area contributed by atoms with Crippen LogP contribution in [0.3, 0.4) is 0 Å². The SMILES string of the molecule is Cc1nnc2c(C(C)C)n(C)c(C)c2c1N.Cc1nnc2c(C(C)C)n(C)nc2c1N.Cc1nnc2c(C(C)C)oc(C)c2c1N. The lowest BCUT2D eigenvalue weighted by atomic mass is 10.1. The minimum Gasteiger partial charge on any atom is -0.463 e. The number of aromatic nitrogens is 9. The highest BCUT2D eigenvalue weighted by atomic mass is 16.3. The highest BCUT2D eigenvalue weighted by Crippen LogP contribution is 2.34. The Kier molecular flexibility index (Phi) is 9.55. The van der Waals surface area contributed by atoms with Gasteiger partial charge in [-0.2, -0.15) is 20.4 Å². The van der Waals surface area contributed by atoms with E-state index >= 15 is 0 Å². The van der Waals surface area contributed by atoms with E-state index in [-0.39, 0.29) is 5.92 Å². The Hall–Kier alpha value is -4.81. The molecule has 6 heterocycles. The van der Waals surface area contributed by atoms with Crippen molar-refractivity contribution in [3.05, 3.63) is 45.7 Å². The quantitative estimate of drug-likeness (QED) is 0.202. The Labute approximate surface area is 270 Å². The second-order valence-corrected chi connectivity index (χ2v) is 12.8. The molecule has 0 amide bonds. The second kappa shape index (κ2) is 12.9. The van der Waals surface area contributed by atoms with E-state index in [9.17, 15) is 0 Å². The standard InChI is InChI=1S/C12H18N4.C11H15N3O.C10H15N5/c1-6(2)12-11-9(8(4)16(12)5)10(13)7(3)14-15-11;1-5(2)11-10-8(7(4)15-11)9(12)6(3)13-14-10;1-5(2)10-9-8(14-15(10)4)7(11)6(3)12-13-9/h6H,13H2,1-5H3;5H,12H2,1-4H3;5H,11H2,1-4H3. The molecule has 0 aliphatic heterocycles. The van der Waals surface area contributed by atoms with Crippen molar-refractivity contribution in [1.29, 1.82) is 0 Å². The maximum absolute atomic E-state index is 6.09. The summed E-state index contributed by atoms with van der Waals surface area (Å²) in [6.45, 7) is 22.2. The van der Waals surface area contributed by atoms with Gasteiger partial charge in [0.05, 0.1) is 45.2 Å². The molecule has 0 unspecified atom stereocenters. The number of fused-ring (bicyclic) bond motifs is 3. The molecular weight excluding hydrogens is 580 g/mol. The molecule has 13 heteroatoms. The molecule has 0 radical (unpaired) electrons. The molecule has 6 aromatic heterocycles. The molecule has 46 heavy (non-hydrogen) atoms. The van der Waals surface area contributed by atoms with E-state index in [1.807, 2.05) is 39.4 Å². The minimum atomic E-state index is 0.289. The zero-order valence-electron chi connectivity index (χ0n) is 29.4. The fraction of sp³-hybridized carbons (Fsp3) is 0.485. The van der Waals surface area contributed by atoms with Crippen molar-refractivity contribution in [2.45, 2.75) is 93.9 Å². The number of rotatable bonds is 3. The number of nitrogen functional groups attached to an aromatic ring is 3. The van der Waals surface area contributed by atoms with Crippen molar-refractivity contribution in [2.75, 3.05) is 17.2 Å². The van der Waals surface area contributed by atoms with Crippen molar-refractivity contribution in [2.24, 2.45) is 14.1 Å². The number of hydrogen-bond donors (Lipinski definition) is 3. The van der Waals surface area contributed by atoms with E-state index in [2.05, 4.69) is 95.8 Å². The van der Waals surface area contributed by atoms with Crippen LogP contribution < -0.4 is 17.2 Å². The van der Waals surface area contributed by atoms with E-state index in [1.54, 1.807) is 0 Å². The number of nitrogens with two attached hydrogens (primary N) is 3. The molecule has 0 spiro atoms. The molecule has 0 saturated carbocycles. The maximum atomic E-state index is 6.09. The van der Waals surface area contributed by atoms with Gasteiger partial charge >= 0.3 is 0 Å². The summed E-state index contributed by atoms with van der Waals surface area (Å²) in [6, 6.07) is 0. The van der Waals surface area contributed by atoms with Gasteiger partial charge < -0.3 is 26.2 Å². The van der Waals surface area contributed by atoms with Crippen molar-refractivity contribution in [3.8, 4) is 0 Å². The number of anilines is 3. The van der Waals surface area contributed by atoms with Crippen molar-refractivity contribution in [1.82, 2.24) is 44.9 Å². The molecule has 0 aromatic carbocycles. The smallest absolute Gasteiger partial charge is 0.138 e. The third-order valence-corrected chi connectivity index (χ3v) is 8.34. The van der Waals surface area contributed by atoms with Crippen LogP contribution >= 0.6 is 0 Å². The highest BCUT2D eigenvalue weighted by molar-refractivity contribution is 5.96. The van der Waals surface area contributed by atoms with E-state index < -0.39 is 0 Å². The van der Waals surface area contributed by atoms with Gasteiger partial charge in [0.25, 0.3) is 0 Å². The van der Waals surface area contributed by atoms with Crippen LogP contribution in [0.1, 0.15) is 105 Å². The van der Waals surface area contributed by atoms with Crippen molar-refractivity contribution in [3.63, 3.8) is 0 Å². The Balaban J connectivity index is 0.000000157. The van der Waals surface area contributed by atoms with Crippen molar-refractivity contribution >= 4 is 49.9 Å². The predicted molar refractivity (Wildman–Crippen MR) is 186 cm³/mol. The highest BCUT2D eigenvalue weighted by Gasteiger charge is 2.20. The van der Waals surface area contributed by atoms with Gasteiger partial charge in [-0.15, -0.1) is 15.3 Å². The third-order valence-electron chi connectivity index (χ3n) is 8.34. The van der Waals surface area contributed by atoms with Crippen LogP contribution in [0.15, 0.2) is 4.42 Å². The first-order chi connectivity index (χ1) is 21.5. The second-order valence-electron chi connectivity index (χ2n) is 12.8. The lowest BCUT2D eigenvalue weighted by Crippen LogP contribution is -2.00. The molecule has 0 fully saturated rings. The number of hydrogen-bond acceptors (Lipinski definition) is 11. The molecule has 6 aromatic rings. The summed E-state index contributed by atoms with van der Waals surface area (Å²) >= 11 is 0. The topological polar surface area (TPSA) is 191 Å². The fourth-order valence-electron chi connectivity index (χ4n) is 5.78. The van der Waals surface area contributed by atoms with Crippen LogP contribution in [-0.2, 0) is 14.1 Å². The van der Waals surface area contributed by atoms with E-state index in [0.29, 0.717) is 23.2 Å². The van der Waals surface area contributed by atoms with Crippen LogP contribution in [-0.4, -0.2) is 44.9 Å². The summed E-state index contributed by atoms with van der Waals surface area (Å²) < 4.78 is 9.68. The van der Waals surface area contributed by atoms with E-state index in [1.165, 1.54) is 5.69 Å². The Morgan fingerprint density at radius 1 is 0.543 bits per heavy atom. The molecule has 0 atom stereocenters. The maximum Gasteiger partial charge on any atom is 0.138 e. The van der Waals surface area contributed by atoms with Gasteiger partial charge in [-0.3, -0.25) is 4.68 Å². The lowest BCUT2D eigenvalue weighted by molar-refractivity contribution is 0.468. The molecule has 0 saturated heterocycles. The van der Waals surface area contributed by atoms with Crippen LogP contribution in [0.2, 0.25) is 0 Å². The van der Waals surface area contributed by atoms with Gasteiger partial charge in [-0.1, -0.05) is 41.5 Å². The zero-order valence-corrected chi connectivity index (χ0v) is 29.4. The van der Waals surface area contributed by atoms with Crippen LogP contribution in [0.5, 0.6) is 0 Å². The van der Waals surface area contributed by atoms with Gasteiger partial charge in [-0.05, 0) is 46.5 Å². The van der Waals surface area contributed by atoms with Crippen LogP contribution in [0, 0.1) is 34.6 Å². The molecule has 0 bridgehead atoms. The number of aryl methyl sites for hydroxylation is 6. The summed E-state index contributed by atoms with van der Waals surface area (Å²) in [4.78, 5) is 0. The monoisotopic (exact) mass is 628 g/mol. The molecule has 13 nitrogen and oxygen atoms in total. The van der Waals surface area contributed by atoms with Gasteiger partial charge in [-0.25, -0.2) is 0 Å². The van der Waals surface area contributed by atoms with Crippen LogP contribution in [0.25, 0.3) is 32.8 Å². The molecular formula is C33H48N12O. The summed E-state index contributed by atoms with van der Waals surface area (Å²) in [5.41, 5.74) is 29.1. The molecule has 0 aliphatic carbocycles. The Bertz CT molecular complexity index is 2040. The molecule has 6 N–H and O–H groups in total. The summed E-state index contributed by atoms with van der Waals surface area (Å²) in [5.74, 6) is 2.75. The first-order valence-corrected chi connectivity index (χ1v) is 15.5. The fourth-order valence-corrected chi connectivity index (χ4v) is 5.78.